The van der Waals surface area contributed by atoms with E-state index < -0.39 is 0 Å². The van der Waals surface area contributed by atoms with Gasteiger partial charge < -0.3 is 10.6 Å². The van der Waals surface area contributed by atoms with E-state index in [-0.39, 0.29) is 5.82 Å². The summed E-state index contributed by atoms with van der Waals surface area (Å²) in [6.07, 6.45) is 0. The van der Waals surface area contributed by atoms with Gasteiger partial charge in [-0.05, 0) is 30.3 Å². The predicted octanol–water partition coefficient (Wildman–Crippen LogP) is 3.55. The van der Waals surface area contributed by atoms with E-state index in [1.807, 2.05) is 24.3 Å². The minimum absolute atomic E-state index is 0.290. The third kappa shape index (κ3) is 2.38. The van der Waals surface area contributed by atoms with Gasteiger partial charge in [-0.25, -0.2) is 9.37 Å². The summed E-state index contributed by atoms with van der Waals surface area (Å²) in [5.74, 6) is 0.871. The van der Waals surface area contributed by atoms with Crippen LogP contribution in [0.3, 0.4) is 0 Å². The number of benzene rings is 2. The Morgan fingerprint density at radius 3 is 2.65 bits per heavy atom. The Morgan fingerprint density at radius 1 is 1.00 bits per heavy atom. The highest BCUT2D eigenvalue weighted by Crippen LogP contribution is 2.25. The van der Waals surface area contributed by atoms with Crippen LogP contribution in [0.1, 0.15) is 0 Å². The number of aromatic nitrogens is 2. The van der Waals surface area contributed by atoms with Crippen LogP contribution < -0.4 is 10.6 Å². The van der Waals surface area contributed by atoms with Crippen LogP contribution >= 0.6 is 0 Å². The number of rotatable bonds is 3. The SMILES string of the molecule is CNc1nc(Nc2cccc(F)c2)c2ccccc2n1. The van der Waals surface area contributed by atoms with Crippen molar-refractivity contribution in [2.45, 2.75) is 0 Å². The van der Waals surface area contributed by atoms with Crippen molar-refractivity contribution in [1.82, 2.24) is 9.97 Å². The van der Waals surface area contributed by atoms with Gasteiger partial charge in [0, 0.05) is 18.1 Å². The Bertz CT molecular complexity index is 758. The molecule has 3 aromatic rings. The Labute approximate surface area is 115 Å². The quantitative estimate of drug-likeness (QED) is 0.762. The molecule has 3 rings (SSSR count). The second-order valence-corrected chi connectivity index (χ2v) is 4.30. The summed E-state index contributed by atoms with van der Waals surface area (Å²) in [5, 5.41) is 6.94. The number of anilines is 3. The van der Waals surface area contributed by atoms with Gasteiger partial charge in [-0.15, -0.1) is 0 Å². The van der Waals surface area contributed by atoms with Crippen molar-refractivity contribution < 1.29 is 4.39 Å². The molecule has 1 heterocycles. The molecule has 1 aromatic heterocycles. The van der Waals surface area contributed by atoms with Gasteiger partial charge in [0.05, 0.1) is 5.52 Å². The molecule has 20 heavy (non-hydrogen) atoms. The van der Waals surface area contributed by atoms with E-state index in [1.165, 1.54) is 12.1 Å². The summed E-state index contributed by atoms with van der Waals surface area (Å²) >= 11 is 0. The van der Waals surface area contributed by atoms with E-state index in [0.29, 0.717) is 17.5 Å². The van der Waals surface area contributed by atoms with Gasteiger partial charge in [-0.2, -0.15) is 4.98 Å². The van der Waals surface area contributed by atoms with E-state index in [4.69, 9.17) is 0 Å². The van der Waals surface area contributed by atoms with Crippen LogP contribution in [0.15, 0.2) is 48.5 Å². The highest BCUT2D eigenvalue weighted by atomic mass is 19.1. The molecule has 0 saturated heterocycles. The predicted molar refractivity (Wildman–Crippen MR) is 78.8 cm³/mol. The fourth-order valence-electron chi connectivity index (χ4n) is 1.99. The summed E-state index contributed by atoms with van der Waals surface area (Å²) in [5.41, 5.74) is 1.47. The lowest BCUT2D eigenvalue weighted by molar-refractivity contribution is 0.628. The third-order valence-corrected chi connectivity index (χ3v) is 2.91. The molecular weight excluding hydrogens is 255 g/mol. The van der Waals surface area contributed by atoms with Gasteiger partial charge >= 0.3 is 0 Å². The van der Waals surface area contributed by atoms with Crippen molar-refractivity contribution in [2.24, 2.45) is 0 Å². The second kappa shape index (κ2) is 5.13. The fraction of sp³-hybridized carbons (Fsp3) is 0.0667. The fourth-order valence-corrected chi connectivity index (χ4v) is 1.99. The molecule has 2 aromatic carbocycles. The van der Waals surface area contributed by atoms with Gasteiger partial charge in [0.25, 0.3) is 0 Å². The van der Waals surface area contributed by atoms with Gasteiger partial charge in [0.2, 0.25) is 5.95 Å². The van der Waals surface area contributed by atoms with Crippen molar-refractivity contribution in [3.05, 3.63) is 54.3 Å². The minimum Gasteiger partial charge on any atom is -0.357 e. The van der Waals surface area contributed by atoms with Crippen LogP contribution in [0, 0.1) is 5.82 Å². The number of para-hydroxylation sites is 1. The van der Waals surface area contributed by atoms with Crippen molar-refractivity contribution in [1.29, 1.82) is 0 Å². The molecule has 0 aliphatic carbocycles. The molecule has 0 unspecified atom stereocenters. The van der Waals surface area contributed by atoms with Gasteiger partial charge in [-0.1, -0.05) is 18.2 Å². The number of hydrogen-bond acceptors (Lipinski definition) is 4. The average molecular weight is 268 g/mol. The standard InChI is InChI=1S/C15H13FN4/c1-17-15-19-13-8-3-2-7-12(13)14(20-15)18-11-6-4-5-10(16)9-11/h2-9H,1H3,(H2,17,18,19,20). The number of fused-ring (bicyclic) bond motifs is 1. The number of nitrogens with one attached hydrogen (secondary N) is 2. The number of hydrogen-bond donors (Lipinski definition) is 2. The van der Waals surface area contributed by atoms with Crippen LogP contribution in [0.5, 0.6) is 0 Å². The summed E-state index contributed by atoms with van der Waals surface area (Å²) in [7, 11) is 1.76. The summed E-state index contributed by atoms with van der Waals surface area (Å²) in [4.78, 5) is 8.77. The lowest BCUT2D eigenvalue weighted by Gasteiger charge is -2.10. The Balaban J connectivity index is 2.10. The highest BCUT2D eigenvalue weighted by molar-refractivity contribution is 5.91. The van der Waals surface area contributed by atoms with E-state index in [0.717, 1.165) is 10.9 Å². The molecule has 0 spiro atoms. The summed E-state index contributed by atoms with van der Waals surface area (Å²) in [6, 6.07) is 13.9. The topological polar surface area (TPSA) is 49.8 Å². The molecular formula is C15H13FN4. The number of halogens is 1. The van der Waals surface area contributed by atoms with Gasteiger partial charge in [0.15, 0.2) is 0 Å². The molecule has 0 aliphatic rings. The maximum Gasteiger partial charge on any atom is 0.224 e. The molecule has 0 fully saturated rings. The maximum atomic E-state index is 13.2. The lowest BCUT2D eigenvalue weighted by atomic mass is 10.2. The molecule has 5 heteroatoms. The zero-order valence-corrected chi connectivity index (χ0v) is 10.9. The first kappa shape index (κ1) is 12.3. The summed E-state index contributed by atoms with van der Waals surface area (Å²) < 4.78 is 13.2. The second-order valence-electron chi connectivity index (χ2n) is 4.30. The molecule has 0 amide bonds. The smallest absolute Gasteiger partial charge is 0.224 e. The van der Waals surface area contributed by atoms with Crippen LogP contribution in [0.2, 0.25) is 0 Å². The van der Waals surface area contributed by atoms with Crippen LogP contribution in [-0.4, -0.2) is 17.0 Å². The lowest BCUT2D eigenvalue weighted by Crippen LogP contribution is -2.02. The van der Waals surface area contributed by atoms with E-state index in [9.17, 15) is 4.39 Å². The Kier molecular flexibility index (Phi) is 3.16. The van der Waals surface area contributed by atoms with Crippen LogP contribution in [0.25, 0.3) is 10.9 Å². The van der Waals surface area contributed by atoms with Gasteiger partial charge in [-0.3, -0.25) is 0 Å². The summed E-state index contributed by atoms with van der Waals surface area (Å²) in [6.45, 7) is 0. The molecule has 0 aliphatic heterocycles. The first-order valence-electron chi connectivity index (χ1n) is 6.23. The largest absolute Gasteiger partial charge is 0.357 e. The Hall–Kier alpha value is -2.69. The number of nitrogens with zero attached hydrogens (tertiary/aromatic N) is 2. The van der Waals surface area contributed by atoms with E-state index in [1.54, 1.807) is 19.2 Å². The van der Waals surface area contributed by atoms with Crippen molar-refractivity contribution in [3.63, 3.8) is 0 Å². The third-order valence-electron chi connectivity index (χ3n) is 2.91. The zero-order valence-electron chi connectivity index (χ0n) is 10.9. The molecule has 4 nitrogen and oxygen atoms in total. The maximum absolute atomic E-state index is 13.2. The molecule has 0 saturated carbocycles. The molecule has 0 bridgehead atoms. The highest BCUT2D eigenvalue weighted by Gasteiger charge is 2.07. The van der Waals surface area contributed by atoms with E-state index in [2.05, 4.69) is 20.6 Å². The van der Waals surface area contributed by atoms with Crippen molar-refractivity contribution >= 4 is 28.4 Å². The molecule has 0 atom stereocenters. The minimum atomic E-state index is -0.290. The van der Waals surface area contributed by atoms with Gasteiger partial charge in [0.1, 0.15) is 11.6 Å². The Morgan fingerprint density at radius 2 is 1.85 bits per heavy atom. The normalized spacial score (nSPS) is 10.5. The van der Waals surface area contributed by atoms with Crippen LogP contribution in [0.4, 0.5) is 21.8 Å². The van der Waals surface area contributed by atoms with Crippen LogP contribution in [-0.2, 0) is 0 Å². The first-order valence-corrected chi connectivity index (χ1v) is 6.23. The molecule has 2 N–H and O–H groups in total. The van der Waals surface area contributed by atoms with Crippen molar-refractivity contribution in [3.8, 4) is 0 Å². The first-order chi connectivity index (χ1) is 9.76. The molecule has 100 valence electrons. The van der Waals surface area contributed by atoms with Crippen molar-refractivity contribution in [2.75, 3.05) is 17.7 Å². The monoisotopic (exact) mass is 268 g/mol. The average Bonchev–Trinajstić information content (AvgIpc) is 2.47. The zero-order chi connectivity index (χ0) is 13.9. The molecule has 0 radical (unpaired) electrons. The van der Waals surface area contributed by atoms with E-state index >= 15 is 0 Å².